The summed E-state index contributed by atoms with van der Waals surface area (Å²) < 4.78 is 6.81. The molecule has 0 aliphatic carbocycles. The van der Waals surface area contributed by atoms with Crippen LogP contribution in [0, 0.1) is 6.92 Å². The van der Waals surface area contributed by atoms with Gasteiger partial charge in [0.25, 0.3) is 0 Å². The minimum absolute atomic E-state index is 0.329. The van der Waals surface area contributed by atoms with Crippen molar-refractivity contribution in [2.24, 2.45) is 0 Å². The Balaban J connectivity index is 1.74. The summed E-state index contributed by atoms with van der Waals surface area (Å²) in [5.41, 5.74) is 4.55. The van der Waals surface area contributed by atoms with Crippen LogP contribution in [0.3, 0.4) is 0 Å². The lowest BCUT2D eigenvalue weighted by Gasteiger charge is -2.05. The zero-order valence-corrected chi connectivity index (χ0v) is 15.0. The minimum atomic E-state index is -0.329. The van der Waals surface area contributed by atoms with Gasteiger partial charge >= 0.3 is 5.97 Å². The van der Waals surface area contributed by atoms with Gasteiger partial charge in [0.2, 0.25) is 0 Å². The first-order chi connectivity index (χ1) is 12.1. The molecule has 5 heteroatoms. The van der Waals surface area contributed by atoms with Crippen molar-refractivity contribution in [1.29, 1.82) is 0 Å². The van der Waals surface area contributed by atoms with Crippen LogP contribution in [-0.2, 0) is 11.3 Å². The summed E-state index contributed by atoms with van der Waals surface area (Å²) >= 11 is 5.93. The summed E-state index contributed by atoms with van der Waals surface area (Å²) in [6, 6.07) is 16.0. The standard InChI is InChI=1S/C20H19ClN2O2/c1-3-25-20(24)19-13-23(22-14(19)2)12-15-4-6-16(7-5-15)17-8-10-18(21)11-9-17/h4-11,13H,3,12H2,1-2H3. The van der Waals surface area contributed by atoms with Crippen molar-refractivity contribution in [3.63, 3.8) is 0 Å². The van der Waals surface area contributed by atoms with Crippen molar-refractivity contribution >= 4 is 17.6 Å². The Kier molecular flexibility index (Phi) is 5.19. The summed E-state index contributed by atoms with van der Waals surface area (Å²) in [5.74, 6) is -0.329. The first-order valence-electron chi connectivity index (χ1n) is 8.13. The molecule has 0 fully saturated rings. The van der Waals surface area contributed by atoms with Crippen LogP contribution in [0.2, 0.25) is 5.02 Å². The fraction of sp³-hybridized carbons (Fsp3) is 0.200. The van der Waals surface area contributed by atoms with Crippen molar-refractivity contribution in [3.8, 4) is 11.1 Å². The van der Waals surface area contributed by atoms with E-state index < -0.39 is 0 Å². The van der Waals surface area contributed by atoms with E-state index in [1.807, 2.05) is 31.2 Å². The van der Waals surface area contributed by atoms with Crippen LogP contribution < -0.4 is 0 Å². The number of carbonyl (C=O) groups excluding carboxylic acids is 1. The Morgan fingerprint density at radius 2 is 1.68 bits per heavy atom. The molecule has 2 aromatic carbocycles. The second-order valence-electron chi connectivity index (χ2n) is 5.75. The van der Waals surface area contributed by atoms with E-state index in [0.29, 0.717) is 24.4 Å². The third-order valence-corrected chi connectivity index (χ3v) is 4.17. The van der Waals surface area contributed by atoms with E-state index >= 15 is 0 Å². The topological polar surface area (TPSA) is 44.1 Å². The predicted octanol–water partition coefficient (Wildman–Crippen LogP) is 4.74. The second-order valence-corrected chi connectivity index (χ2v) is 6.19. The van der Waals surface area contributed by atoms with Gasteiger partial charge in [0.1, 0.15) is 5.56 Å². The molecule has 0 unspecified atom stereocenters. The lowest BCUT2D eigenvalue weighted by molar-refractivity contribution is 0.0525. The molecule has 0 bridgehead atoms. The van der Waals surface area contributed by atoms with Gasteiger partial charge in [-0.2, -0.15) is 5.10 Å². The first kappa shape index (κ1) is 17.2. The third-order valence-electron chi connectivity index (χ3n) is 3.92. The van der Waals surface area contributed by atoms with Crippen LogP contribution >= 0.6 is 11.6 Å². The molecule has 0 saturated carbocycles. The van der Waals surface area contributed by atoms with E-state index in [0.717, 1.165) is 21.7 Å². The van der Waals surface area contributed by atoms with E-state index in [1.54, 1.807) is 17.8 Å². The van der Waals surface area contributed by atoms with Gasteiger partial charge in [-0.1, -0.05) is 48.0 Å². The maximum absolute atomic E-state index is 11.9. The van der Waals surface area contributed by atoms with E-state index in [-0.39, 0.29) is 5.97 Å². The number of esters is 1. The second kappa shape index (κ2) is 7.53. The molecule has 0 radical (unpaired) electrons. The van der Waals surface area contributed by atoms with Gasteiger partial charge in [0.15, 0.2) is 0 Å². The van der Waals surface area contributed by atoms with Gasteiger partial charge in [-0.05, 0) is 42.7 Å². The van der Waals surface area contributed by atoms with Crippen LogP contribution in [0.1, 0.15) is 28.5 Å². The van der Waals surface area contributed by atoms with E-state index in [1.165, 1.54) is 0 Å². The van der Waals surface area contributed by atoms with Gasteiger partial charge in [0, 0.05) is 11.2 Å². The lowest BCUT2D eigenvalue weighted by atomic mass is 10.0. The van der Waals surface area contributed by atoms with Gasteiger partial charge < -0.3 is 4.74 Å². The Hall–Kier alpha value is -2.59. The molecular weight excluding hydrogens is 336 g/mol. The van der Waals surface area contributed by atoms with Crippen LogP contribution in [0.4, 0.5) is 0 Å². The number of rotatable bonds is 5. The highest BCUT2D eigenvalue weighted by Gasteiger charge is 2.14. The van der Waals surface area contributed by atoms with Crippen molar-refractivity contribution in [2.45, 2.75) is 20.4 Å². The molecule has 0 saturated heterocycles. The average molecular weight is 355 g/mol. The number of hydrogen-bond acceptors (Lipinski definition) is 3. The molecule has 25 heavy (non-hydrogen) atoms. The number of carbonyl (C=O) groups is 1. The molecule has 0 atom stereocenters. The largest absolute Gasteiger partial charge is 0.462 e. The number of ether oxygens (including phenoxy) is 1. The molecule has 4 nitrogen and oxygen atoms in total. The van der Waals surface area contributed by atoms with Crippen molar-refractivity contribution in [2.75, 3.05) is 6.61 Å². The molecule has 0 amide bonds. The summed E-state index contributed by atoms with van der Waals surface area (Å²) in [4.78, 5) is 11.9. The lowest BCUT2D eigenvalue weighted by Crippen LogP contribution is -2.05. The fourth-order valence-electron chi connectivity index (χ4n) is 2.64. The Morgan fingerprint density at radius 1 is 1.08 bits per heavy atom. The van der Waals surface area contributed by atoms with E-state index in [4.69, 9.17) is 16.3 Å². The highest BCUT2D eigenvalue weighted by atomic mass is 35.5. The molecule has 0 N–H and O–H groups in total. The van der Waals surface area contributed by atoms with Gasteiger partial charge in [-0.25, -0.2) is 4.79 Å². The number of halogens is 1. The number of benzene rings is 2. The zero-order valence-electron chi connectivity index (χ0n) is 14.2. The highest BCUT2D eigenvalue weighted by Crippen LogP contribution is 2.22. The van der Waals surface area contributed by atoms with Crippen molar-refractivity contribution < 1.29 is 9.53 Å². The number of nitrogens with zero attached hydrogens (tertiary/aromatic N) is 2. The van der Waals surface area contributed by atoms with Crippen molar-refractivity contribution in [1.82, 2.24) is 9.78 Å². The maximum Gasteiger partial charge on any atom is 0.341 e. The zero-order chi connectivity index (χ0) is 17.8. The van der Waals surface area contributed by atoms with Gasteiger partial charge in [-0.3, -0.25) is 4.68 Å². The third kappa shape index (κ3) is 4.09. The Bertz CT molecular complexity index is 868. The maximum atomic E-state index is 11.9. The van der Waals surface area contributed by atoms with E-state index in [2.05, 4.69) is 29.4 Å². The summed E-state index contributed by atoms with van der Waals surface area (Å²) in [6.07, 6.45) is 1.74. The molecule has 1 aromatic heterocycles. The Labute approximate surface area is 152 Å². The molecule has 3 rings (SSSR count). The molecular formula is C20H19ClN2O2. The summed E-state index contributed by atoms with van der Waals surface area (Å²) in [7, 11) is 0. The monoisotopic (exact) mass is 354 g/mol. The normalized spacial score (nSPS) is 10.7. The first-order valence-corrected chi connectivity index (χ1v) is 8.50. The average Bonchev–Trinajstić information content (AvgIpc) is 2.97. The Morgan fingerprint density at radius 3 is 2.28 bits per heavy atom. The van der Waals surface area contributed by atoms with E-state index in [9.17, 15) is 4.79 Å². The molecule has 128 valence electrons. The number of aromatic nitrogens is 2. The molecule has 0 spiro atoms. The van der Waals surface area contributed by atoms with Crippen molar-refractivity contribution in [3.05, 3.63) is 76.6 Å². The summed E-state index contributed by atoms with van der Waals surface area (Å²) in [6.45, 7) is 4.56. The molecule has 0 aliphatic rings. The minimum Gasteiger partial charge on any atom is -0.462 e. The predicted molar refractivity (Wildman–Crippen MR) is 98.9 cm³/mol. The van der Waals surface area contributed by atoms with Crippen LogP contribution in [0.15, 0.2) is 54.7 Å². The molecule has 0 aliphatic heterocycles. The molecule has 3 aromatic rings. The van der Waals surface area contributed by atoms with Gasteiger partial charge in [0.05, 0.1) is 18.8 Å². The van der Waals surface area contributed by atoms with Crippen LogP contribution in [-0.4, -0.2) is 22.4 Å². The highest BCUT2D eigenvalue weighted by molar-refractivity contribution is 6.30. The van der Waals surface area contributed by atoms with Crippen LogP contribution in [0.25, 0.3) is 11.1 Å². The fourth-order valence-corrected chi connectivity index (χ4v) is 2.77. The number of aryl methyl sites for hydroxylation is 1. The summed E-state index contributed by atoms with van der Waals surface area (Å²) in [5, 5.41) is 5.13. The van der Waals surface area contributed by atoms with Gasteiger partial charge in [-0.15, -0.1) is 0 Å². The number of hydrogen-bond donors (Lipinski definition) is 0. The van der Waals surface area contributed by atoms with Crippen LogP contribution in [0.5, 0.6) is 0 Å². The smallest absolute Gasteiger partial charge is 0.341 e. The molecule has 1 heterocycles. The quantitative estimate of drug-likeness (QED) is 0.622. The SMILES string of the molecule is CCOC(=O)c1cn(Cc2ccc(-c3ccc(Cl)cc3)cc2)nc1C.